The molecule has 0 saturated carbocycles. The first kappa shape index (κ1) is 16.8. The predicted molar refractivity (Wildman–Crippen MR) is 86.8 cm³/mol. The maximum atomic E-state index is 12.0. The third-order valence-electron chi connectivity index (χ3n) is 3.05. The minimum absolute atomic E-state index is 0.182. The molecule has 0 spiro atoms. The zero-order chi connectivity index (χ0) is 15.1. The number of rotatable bonds is 7. The molecule has 0 aliphatic rings. The Balaban J connectivity index is 2.67. The van der Waals surface area contributed by atoms with Crippen molar-refractivity contribution in [1.82, 2.24) is 9.78 Å². The van der Waals surface area contributed by atoms with Gasteiger partial charge in [0.05, 0.1) is 11.9 Å². The second-order valence-electron chi connectivity index (χ2n) is 5.41. The number of anilines is 1. The number of halogens is 1. The average molecular weight is 340 g/mol. The molecule has 110 valence electrons. The highest BCUT2D eigenvalue weighted by atomic mass is 79.9. The van der Waals surface area contributed by atoms with Crippen molar-refractivity contribution in [2.75, 3.05) is 5.32 Å². The van der Waals surface area contributed by atoms with Crippen LogP contribution in [0.3, 0.4) is 0 Å². The summed E-state index contributed by atoms with van der Waals surface area (Å²) in [6, 6.07) is 0.301. The van der Waals surface area contributed by atoms with Gasteiger partial charge in [0, 0.05) is 6.04 Å². The zero-order valence-corrected chi connectivity index (χ0v) is 13.9. The molecule has 0 aliphatic carbocycles. The highest BCUT2D eigenvalue weighted by Crippen LogP contribution is 2.19. The summed E-state index contributed by atoms with van der Waals surface area (Å²) in [5, 5.41) is 7.38. The van der Waals surface area contributed by atoms with E-state index in [4.69, 9.17) is 6.42 Å². The van der Waals surface area contributed by atoms with Crippen LogP contribution in [0.15, 0.2) is 15.5 Å². The largest absolute Gasteiger partial charge is 0.380 e. The van der Waals surface area contributed by atoms with Gasteiger partial charge in [0.1, 0.15) is 11.0 Å². The Morgan fingerprint density at radius 2 is 2.15 bits per heavy atom. The molecule has 0 radical (unpaired) electrons. The van der Waals surface area contributed by atoms with Crippen LogP contribution in [0.2, 0.25) is 0 Å². The zero-order valence-electron chi connectivity index (χ0n) is 12.3. The summed E-state index contributed by atoms with van der Waals surface area (Å²) < 4.78 is 1.75. The van der Waals surface area contributed by atoms with E-state index in [0.717, 1.165) is 18.0 Å². The second-order valence-corrected chi connectivity index (χ2v) is 6.20. The normalized spacial score (nSPS) is 12.2. The SMILES string of the molecule is C#CCn1ncc(NC(C)CCCC(C)C)c(Br)c1=O. The van der Waals surface area contributed by atoms with Gasteiger partial charge >= 0.3 is 0 Å². The van der Waals surface area contributed by atoms with Crippen molar-refractivity contribution in [3.05, 3.63) is 21.0 Å². The minimum atomic E-state index is -0.206. The molecule has 1 N–H and O–H groups in total. The van der Waals surface area contributed by atoms with E-state index in [9.17, 15) is 4.79 Å². The van der Waals surface area contributed by atoms with E-state index >= 15 is 0 Å². The Morgan fingerprint density at radius 3 is 2.75 bits per heavy atom. The lowest BCUT2D eigenvalue weighted by molar-refractivity contribution is 0.520. The van der Waals surface area contributed by atoms with Crippen molar-refractivity contribution in [3.8, 4) is 12.3 Å². The molecule has 5 heteroatoms. The second kappa shape index (κ2) is 8.11. The van der Waals surface area contributed by atoms with Crippen LogP contribution in [-0.2, 0) is 6.54 Å². The fraction of sp³-hybridized carbons (Fsp3) is 0.600. The molecule has 0 saturated heterocycles. The number of nitrogens with one attached hydrogen (secondary N) is 1. The van der Waals surface area contributed by atoms with Crippen molar-refractivity contribution in [3.63, 3.8) is 0 Å². The summed E-state index contributed by atoms with van der Waals surface area (Å²) in [5.74, 6) is 3.14. The van der Waals surface area contributed by atoms with Gasteiger partial charge in [0.15, 0.2) is 0 Å². The van der Waals surface area contributed by atoms with Gasteiger partial charge in [-0.2, -0.15) is 5.10 Å². The van der Waals surface area contributed by atoms with E-state index in [1.807, 2.05) is 0 Å². The highest BCUT2D eigenvalue weighted by Gasteiger charge is 2.10. The molecule has 4 nitrogen and oxygen atoms in total. The highest BCUT2D eigenvalue weighted by molar-refractivity contribution is 9.10. The van der Waals surface area contributed by atoms with Gasteiger partial charge in [-0.3, -0.25) is 4.79 Å². The summed E-state index contributed by atoms with van der Waals surface area (Å²) in [7, 11) is 0. The van der Waals surface area contributed by atoms with Crippen molar-refractivity contribution in [2.24, 2.45) is 5.92 Å². The van der Waals surface area contributed by atoms with Crippen molar-refractivity contribution >= 4 is 21.6 Å². The first-order chi connectivity index (χ1) is 9.45. The van der Waals surface area contributed by atoms with Gasteiger partial charge in [-0.15, -0.1) is 6.42 Å². The van der Waals surface area contributed by atoms with Crippen molar-refractivity contribution in [2.45, 2.75) is 52.6 Å². The molecular weight excluding hydrogens is 318 g/mol. The van der Waals surface area contributed by atoms with Crippen LogP contribution in [0, 0.1) is 18.3 Å². The van der Waals surface area contributed by atoms with Crippen LogP contribution in [0.5, 0.6) is 0 Å². The number of hydrogen-bond acceptors (Lipinski definition) is 3. The van der Waals surface area contributed by atoms with Crippen LogP contribution in [0.25, 0.3) is 0 Å². The lowest BCUT2D eigenvalue weighted by Crippen LogP contribution is -2.25. The van der Waals surface area contributed by atoms with Crippen molar-refractivity contribution < 1.29 is 0 Å². The lowest BCUT2D eigenvalue weighted by atomic mass is 10.0. The fourth-order valence-electron chi connectivity index (χ4n) is 1.93. The molecule has 0 amide bonds. The van der Waals surface area contributed by atoms with E-state index < -0.39 is 0 Å². The number of nitrogens with zero attached hydrogens (tertiary/aromatic N) is 2. The van der Waals surface area contributed by atoms with E-state index in [2.05, 4.69) is 53.0 Å². The van der Waals surface area contributed by atoms with Gasteiger partial charge in [-0.05, 0) is 35.2 Å². The third kappa shape index (κ3) is 5.01. The Kier molecular flexibility index (Phi) is 6.80. The molecule has 1 atom stereocenters. The Morgan fingerprint density at radius 1 is 1.45 bits per heavy atom. The van der Waals surface area contributed by atoms with E-state index in [1.165, 1.54) is 17.5 Å². The molecular formula is C15H22BrN3O. The summed E-state index contributed by atoms with van der Waals surface area (Å²) in [5.41, 5.74) is 0.516. The minimum Gasteiger partial charge on any atom is -0.380 e. The van der Waals surface area contributed by atoms with Gasteiger partial charge in [-0.25, -0.2) is 4.68 Å². The Labute approximate surface area is 129 Å². The molecule has 1 aromatic rings. The quantitative estimate of drug-likeness (QED) is 0.775. The Hall–Kier alpha value is -1.28. The molecule has 1 unspecified atom stereocenters. The third-order valence-corrected chi connectivity index (χ3v) is 3.81. The molecule has 1 heterocycles. The van der Waals surface area contributed by atoms with E-state index in [-0.39, 0.29) is 12.1 Å². The lowest BCUT2D eigenvalue weighted by Gasteiger charge is -2.16. The Bertz CT molecular complexity index is 531. The first-order valence-corrected chi connectivity index (χ1v) is 7.70. The number of aromatic nitrogens is 2. The fourth-order valence-corrected chi connectivity index (χ4v) is 2.36. The van der Waals surface area contributed by atoms with E-state index in [1.54, 1.807) is 6.20 Å². The van der Waals surface area contributed by atoms with Crippen LogP contribution in [0.4, 0.5) is 5.69 Å². The maximum Gasteiger partial charge on any atom is 0.284 e. The number of hydrogen-bond donors (Lipinski definition) is 1. The standard InChI is InChI=1S/C15H22BrN3O/c1-5-9-19-15(20)14(16)13(10-17-19)18-12(4)8-6-7-11(2)3/h1,10-12,18H,6-9H2,2-4H3. The summed E-state index contributed by atoms with van der Waals surface area (Å²) in [6.45, 7) is 6.74. The monoisotopic (exact) mass is 339 g/mol. The number of terminal acetylenes is 1. The first-order valence-electron chi connectivity index (χ1n) is 6.91. The maximum absolute atomic E-state index is 12.0. The summed E-state index contributed by atoms with van der Waals surface area (Å²) >= 11 is 3.32. The van der Waals surface area contributed by atoms with Crippen LogP contribution < -0.4 is 10.9 Å². The van der Waals surface area contributed by atoms with Crippen LogP contribution in [-0.4, -0.2) is 15.8 Å². The predicted octanol–water partition coefficient (Wildman–Crippen LogP) is 3.27. The van der Waals surface area contributed by atoms with Gasteiger partial charge in [0.2, 0.25) is 0 Å². The summed E-state index contributed by atoms with van der Waals surface area (Å²) in [6.07, 6.45) is 10.3. The molecule has 1 rings (SSSR count). The summed E-state index contributed by atoms with van der Waals surface area (Å²) in [4.78, 5) is 12.0. The van der Waals surface area contributed by atoms with Gasteiger partial charge in [0.25, 0.3) is 5.56 Å². The van der Waals surface area contributed by atoms with Crippen LogP contribution >= 0.6 is 15.9 Å². The molecule has 1 aromatic heterocycles. The van der Waals surface area contributed by atoms with Crippen LogP contribution in [0.1, 0.15) is 40.0 Å². The molecule has 0 fully saturated rings. The van der Waals surface area contributed by atoms with Crippen molar-refractivity contribution in [1.29, 1.82) is 0 Å². The molecule has 20 heavy (non-hydrogen) atoms. The smallest absolute Gasteiger partial charge is 0.284 e. The molecule has 0 aromatic carbocycles. The molecule has 0 bridgehead atoms. The topological polar surface area (TPSA) is 46.9 Å². The molecule has 0 aliphatic heterocycles. The van der Waals surface area contributed by atoms with E-state index in [0.29, 0.717) is 10.5 Å². The van der Waals surface area contributed by atoms with Gasteiger partial charge in [-0.1, -0.05) is 32.6 Å². The average Bonchev–Trinajstić information content (AvgIpc) is 2.38. The van der Waals surface area contributed by atoms with Gasteiger partial charge < -0.3 is 5.32 Å².